The lowest BCUT2D eigenvalue weighted by Crippen LogP contribution is -2.22. The van der Waals surface area contributed by atoms with E-state index in [-0.39, 0.29) is 30.0 Å². The topological polar surface area (TPSA) is 164 Å². The fraction of sp³-hybridized carbons (Fsp3) is 0.0833. The van der Waals surface area contributed by atoms with Crippen LogP contribution in [0.2, 0.25) is 0 Å². The molecule has 0 fully saturated rings. The predicted octanol–water partition coefficient (Wildman–Crippen LogP) is 4.26. The van der Waals surface area contributed by atoms with Gasteiger partial charge in [0.25, 0.3) is 17.2 Å². The number of non-ortho nitro benzene ring substituents is 2. The smallest absolute Gasteiger partial charge is 0.376 e. The Labute approximate surface area is 198 Å². The summed E-state index contributed by atoms with van der Waals surface area (Å²) in [5.74, 6) is -3.56. The first kappa shape index (κ1) is 24.6. The molecule has 178 valence electrons. The zero-order valence-corrected chi connectivity index (χ0v) is 18.1. The second-order valence-electron chi connectivity index (χ2n) is 7.46. The fourth-order valence-electron chi connectivity index (χ4n) is 3.35. The number of carboxylic acids is 1. The van der Waals surface area contributed by atoms with Gasteiger partial charge in [0.2, 0.25) is 0 Å². The quantitative estimate of drug-likeness (QED) is 0.143. The summed E-state index contributed by atoms with van der Waals surface area (Å²) in [6, 6.07) is 18.3. The molecule has 0 saturated heterocycles. The molecule has 3 aromatic rings. The highest BCUT2D eigenvalue weighted by molar-refractivity contribution is 6.38. The lowest BCUT2D eigenvalue weighted by Gasteiger charge is -2.26. The van der Waals surface area contributed by atoms with Gasteiger partial charge >= 0.3 is 5.97 Å². The Balaban J connectivity index is 2.01. The molecule has 0 aliphatic carbocycles. The number of nitro groups is 2. The lowest BCUT2D eigenvalue weighted by atomic mass is 10.1. The Morgan fingerprint density at radius 3 is 1.80 bits per heavy atom. The third kappa shape index (κ3) is 6.48. The number of carbonyl (C=O) groups excluding carboxylic acids is 1. The number of hydrogen-bond donors (Lipinski definition) is 2. The number of carboxylic acid groups (broad SMARTS) is 1. The predicted molar refractivity (Wildman–Crippen MR) is 126 cm³/mol. The van der Waals surface area contributed by atoms with Crippen LogP contribution in [-0.4, -0.2) is 31.8 Å². The Morgan fingerprint density at radius 2 is 1.31 bits per heavy atom. The van der Waals surface area contributed by atoms with Crippen molar-refractivity contribution < 1.29 is 29.6 Å². The van der Waals surface area contributed by atoms with Gasteiger partial charge in [0.05, 0.1) is 9.85 Å². The van der Waals surface area contributed by atoms with Gasteiger partial charge in [0.1, 0.15) is 5.76 Å². The SMILES string of the molecule is O=C(O)C(=O)/C=C(\O)c1cccc(N(Cc2cccc([N+](=O)[O-])c2)Cc2cccc([N+](=O)[O-])c2)c1. The average molecular weight is 477 g/mol. The van der Waals surface area contributed by atoms with Crippen molar-refractivity contribution in [1.29, 1.82) is 0 Å². The molecule has 0 radical (unpaired) electrons. The highest BCUT2D eigenvalue weighted by atomic mass is 16.6. The fourth-order valence-corrected chi connectivity index (χ4v) is 3.35. The molecule has 0 heterocycles. The van der Waals surface area contributed by atoms with Crippen LogP contribution in [-0.2, 0) is 22.7 Å². The first-order valence-electron chi connectivity index (χ1n) is 10.1. The van der Waals surface area contributed by atoms with Gasteiger partial charge in [0, 0.05) is 54.7 Å². The van der Waals surface area contributed by atoms with E-state index < -0.39 is 27.4 Å². The molecule has 11 nitrogen and oxygen atoms in total. The highest BCUT2D eigenvalue weighted by Gasteiger charge is 2.16. The van der Waals surface area contributed by atoms with Crippen LogP contribution >= 0.6 is 0 Å². The first-order valence-corrected chi connectivity index (χ1v) is 10.1. The van der Waals surface area contributed by atoms with E-state index in [9.17, 15) is 34.9 Å². The molecule has 0 aliphatic heterocycles. The maximum absolute atomic E-state index is 11.4. The number of nitrogens with zero attached hydrogens (tertiary/aromatic N) is 3. The number of benzene rings is 3. The molecule has 0 bridgehead atoms. The third-order valence-corrected chi connectivity index (χ3v) is 4.98. The van der Waals surface area contributed by atoms with E-state index in [2.05, 4.69) is 0 Å². The molecule has 0 aliphatic rings. The van der Waals surface area contributed by atoms with Crippen molar-refractivity contribution in [2.24, 2.45) is 0 Å². The number of aliphatic hydroxyl groups excluding tert-OH is 1. The van der Waals surface area contributed by atoms with Crippen molar-refractivity contribution in [2.45, 2.75) is 13.1 Å². The van der Waals surface area contributed by atoms with E-state index >= 15 is 0 Å². The second kappa shape index (κ2) is 10.7. The summed E-state index contributed by atoms with van der Waals surface area (Å²) < 4.78 is 0. The van der Waals surface area contributed by atoms with Gasteiger partial charge in [-0.3, -0.25) is 25.0 Å². The molecule has 0 atom stereocenters. The monoisotopic (exact) mass is 477 g/mol. The molecule has 3 rings (SSSR count). The summed E-state index contributed by atoms with van der Waals surface area (Å²) in [6.45, 7) is 0.346. The van der Waals surface area contributed by atoms with E-state index in [0.717, 1.165) is 0 Å². The molecule has 0 amide bonds. The Hall–Kier alpha value is -5.06. The molecular formula is C24H19N3O8. The van der Waals surface area contributed by atoms with Gasteiger partial charge in [0.15, 0.2) is 0 Å². The number of carbonyl (C=O) groups is 2. The molecule has 0 aromatic heterocycles. The molecule has 0 spiro atoms. The van der Waals surface area contributed by atoms with Crippen LogP contribution in [0.3, 0.4) is 0 Å². The van der Waals surface area contributed by atoms with Crippen LogP contribution in [0.4, 0.5) is 17.1 Å². The summed E-state index contributed by atoms with van der Waals surface area (Å²) in [6.07, 6.45) is 0.590. The minimum atomic E-state index is -1.72. The minimum Gasteiger partial charge on any atom is -0.507 e. The van der Waals surface area contributed by atoms with Crippen molar-refractivity contribution in [2.75, 3.05) is 4.90 Å². The number of rotatable bonds is 10. The normalized spacial score (nSPS) is 11.0. The molecule has 0 saturated carbocycles. The number of ketones is 1. The highest BCUT2D eigenvalue weighted by Crippen LogP contribution is 2.26. The second-order valence-corrected chi connectivity index (χ2v) is 7.46. The Bertz CT molecular complexity index is 1280. The molecule has 2 N–H and O–H groups in total. The number of hydrogen-bond acceptors (Lipinski definition) is 8. The molecule has 11 heteroatoms. The maximum Gasteiger partial charge on any atom is 0.376 e. The molecule has 0 unspecified atom stereocenters. The van der Waals surface area contributed by atoms with Gasteiger partial charge in [-0.15, -0.1) is 0 Å². The molecular weight excluding hydrogens is 458 g/mol. The van der Waals surface area contributed by atoms with Crippen LogP contribution in [0.1, 0.15) is 16.7 Å². The summed E-state index contributed by atoms with van der Waals surface area (Å²) >= 11 is 0. The average Bonchev–Trinajstić information content (AvgIpc) is 2.84. The Kier molecular flexibility index (Phi) is 7.52. The van der Waals surface area contributed by atoms with E-state index in [1.165, 1.54) is 36.4 Å². The largest absolute Gasteiger partial charge is 0.507 e. The van der Waals surface area contributed by atoms with Gasteiger partial charge < -0.3 is 15.1 Å². The van der Waals surface area contributed by atoms with Crippen molar-refractivity contribution in [3.05, 3.63) is 116 Å². The van der Waals surface area contributed by atoms with Gasteiger partial charge in [-0.1, -0.05) is 36.4 Å². The van der Waals surface area contributed by atoms with Crippen LogP contribution in [0.15, 0.2) is 78.9 Å². The molecule has 3 aromatic carbocycles. The van der Waals surface area contributed by atoms with Gasteiger partial charge in [-0.2, -0.15) is 0 Å². The van der Waals surface area contributed by atoms with E-state index in [4.69, 9.17) is 5.11 Å². The lowest BCUT2D eigenvalue weighted by molar-refractivity contribution is -0.385. The van der Waals surface area contributed by atoms with Crippen molar-refractivity contribution in [3.63, 3.8) is 0 Å². The molecule has 35 heavy (non-hydrogen) atoms. The maximum atomic E-state index is 11.4. The van der Waals surface area contributed by atoms with Crippen molar-refractivity contribution >= 4 is 34.6 Å². The number of anilines is 1. The van der Waals surface area contributed by atoms with Gasteiger partial charge in [-0.25, -0.2) is 4.79 Å². The first-order chi connectivity index (χ1) is 16.6. The summed E-state index contributed by atoms with van der Waals surface area (Å²) in [5, 5.41) is 41.4. The van der Waals surface area contributed by atoms with Gasteiger partial charge in [-0.05, 0) is 23.3 Å². The van der Waals surface area contributed by atoms with Crippen molar-refractivity contribution in [1.82, 2.24) is 0 Å². The van der Waals surface area contributed by atoms with Crippen LogP contribution in [0.5, 0.6) is 0 Å². The van der Waals surface area contributed by atoms with Crippen LogP contribution < -0.4 is 4.90 Å². The van der Waals surface area contributed by atoms with Crippen molar-refractivity contribution in [3.8, 4) is 0 Å². The van der Waals surface area contributed by atoms with Crippen LogP contribution in [0, 0.1) is 20.2 Å². The number of nitro benzene ring substituents is 2. The van der Waals surface area contributed by atoms with E-state index in [0.29, 0.717) is 22.9 Å². The third-order valence-electron chi connectivity index (χ3n) is 4.98. The van der Waals surface area contributed by atoms with Crippen LogP contribution in [0.25, 0.3) is 5.76 Å². The van der Waals surface area contributed by atoms with E-state index in [1.807, 2.05) is 0 Å². The summed E-state index contributed by atoms with van der Waals surface area (Å²) in [5.41, 5.74) is 1.67. The zero-order chi connectivity index (χ0) is 25.5. The number of aliphatic carboxylic acids is 1. The minimum absolute atomic E-state index is 0.0979. The zero-order valence-electron chi connectivity index (χ0n) is 18.1. The standard InChI is InChI=1S/C24H19N3O8/c28-22(13-23(29)24(30)31)18-6-3-7-19(12-18)25(14-16-4-1-8-20(10-16)26(32)33)15-17-5-2-9-21(11-17)27(34)35/h1-13,28H,14-15H2,(H,30,31)/b22-13-. The Morgan fingerprint density at radius 1 is 0.800 bits per heavy atom. The number of aliphatic hydroxyl groups is 1. The summed E-state index contributed by atoms with van der Waals surface area (Å²) in [4.78, 5) is 45.3. The summed E-state index contributed by atoms with van der Waals surface area (Å²) in [7, 11) is 0. The van der Waals surface area contributed by atoms with E-state index in [1.54, 1.807) is 41.3 Å².